The molecule has 2 aliphatic rings. The van der Waals surface area contributed by atoms with Crippen molar-refractivity contribution in [3.05, 3.63) is 29.8 Å². The first-order chi connectivity index (χ1) is 10.3. The minimum Gasteiger partial charge on any atom is -0.362 e. The molecule has 3 rings (SSSR count). The lowest BCUT2D eigenvalue weighted by molar-refractivity contribution is -0.141. The molecule has 2 amide bonds. The Kier molecular flexibility index (Phi) is 3.38. The van der Waals surface area contributed by atoms with Crippen LogP contribution in [0.2, 0.25) is 0 Å². The van der Waals surface area contributed by atoms with Gasteiger partial charge in [0, 0.05) is 37.0 Å². The molecular weight excluding hydrogens is 278 g/mol. The molecule has 22 heavy (non-hydrogen) atoms. The van der Waals surface area contributed by atoms with E-state index in [1.54, 1.807) is 0 Å². The third kappa shape index (κ3) is 2.56. The van der Waals surface area contributed by atoms with E-state index in [2.05, 4.69) is 10.6 Å². The van der Waals surface area contributed by atoms with Gasteiger partial charge in [0.05, 0.1) is 5.56 Å². The van der Waals surface area contributed by atoms with E-state index in [0.29, 0.717) is 18.7 Å². The molecule has 0 unspecified atom stereocenters. The SMILES string of the molecule is CC(C)(C)C(=O)N1CCC2(CC1)NC(=O)c1ccccc1N2. The highest BCUT2D eigenvalue weighted by atomic mass is 16.2. The second-order valence-electron chi connectivity index (χ2n) is 7.25. The van der Waals surface area contributed by atoms with Gasteiger partial charge >= 0.3 is 0 Å². The van der Waals surface area contributed by atoms with Gasteiger partial charge in [-0.1, -0.05) is 32.9 Å². The molecule has 2 heterocycles. The van der Waals surface area contributed by atoms with Crippen LogP contribution in [0.5, 0.6) is 0 Å². The van der Waals surface area contributed by atoms with E-state index in [4.69, 9.17) is 0 Å². The lowest BCUT2D eigenvalue weighted by atomic mass is 9.89. The van der Waals surface area contributed by atoms with E-state index < -0.39 is 5.66 Å². The summed E-state index contributed by atoms with van der Waals surface area (Å²) in [6.45, 7) is 7.14. The van der Waals surface area contributed by atoms with Crippen molar-refractivity contribution in [2.24, 2.45) is 5.41 Å². The van der Waals surface area contributed by atoms with E-state index in [1.807, 2.05) is 49.9 Å². The fourth-order valence-electron chi connectivity index (χ4n) is 3.18. The molecule has 0 radical (unpaired) electrons. The number of fused-ring (bicyclic) bond motifs is 1. The van der Waals surface area contributed by atoms with Gasteiger partial charge < -0.3 is 15.5 Å². The summed E-state index contributed by atoms with van der Waals surface area (Å²) < 4.78 is 0. The molecule has 5 heteroatoms. The maximum Gasteiger partial charge on any atom is 0.255 e. The molecule has 2 N–H and O–H groups in total. The van der Waals surface area contributed by atoms with E-state index in [9.17, 15) is 9.59 Å². The molecule has 1 aromatic rings. The normalized spacial score (nSPS) is 20.1. The number of likely N-dealkylation sites (tertiary alicyclic amines) is 1. The summed E-state index contributed by atoms with van der Waals surface area (Å²) in [7, 11) is 0. The number of para-hydroxylation sites is 1. The van der Waals surface area contributed by atoms with E-state index in [1.165, 1.54) is 0 Å². The van der Waals surface area contributed by atoms with Gasteiger partial charge in [-0.2, -0.15) is 0 Å². The number of hydrogen-bond donors (Lipinski definition) is 2. The zero-order valence-corrected chi connectivity index (χ0v) is 13.4. The van der Waals surface area contributed by atoms with Crippen molar-refractivity contribution in [2.45, 2.75) is 39.3 Å². The van der Waals surface area contributed by atoms with Crippen LogP contribution in [0.1, 0.15) is 44.0 Å². The molecule has 0 atom stereocenters. The largest absolute Gasteiger partial charge is 0.362 e. The minimum atomic E-state index is -0.430. The maximum absolute atomic E-state index is 12.4. The average Bonchev–Trinajstić information content (AvgIpc) is 2.46. The van der Waals surface area contributed by atoms with Gasteiger partial charge in [-0.25, -0.2) is 0 Å². The van der Waals surface area contributed by atoms with Crippen LogP contribution in [0.25, 0.3) is 0 Å². The molecule has 0 aliphatic carbocycles. The summed E-state index contributed by atoms with van der Waals surface area (Å²) in [6, 6.07) is 7.55. The number of nitrogens with one attached hydrogen (secondary N) is 2. The molecule has 1 saturated heterocycles. The first kappa shape index (κ1) is 14.9. The van der Waals surface area contributed by atoms with Crippen LogP contribution in [-0.2, 0) is 4.79 Å². The summed E-state index contributed by atoms with van der Waals surface area (Å²) in [5, 5.41) is 6.57. The van der Waals surface area contributed by atoms with Gasteiger partial charge in [-0.15, -0.1) is 0 Å². The molecule has 0 saturated carbocycles. The summed E-state index contributed by atoms with van der Waals surface area (Å²) in [6.07, 6.45) is 1.43. The Balaban J connectivity index is 1.74. The lowest BCUT2D eigenvalue weighted by Crippen LogP contribution is -2.63. The number of benzene rings is 1. The Bertz CT molecular complexity index is 611. The van der Waals surface area contributed by atoms with Crippen molar-refractivity contribution in [1.82, 2.24) is 10.2 Å². The first-order valence-electron chi connectivity index (χ1n) is 7.80. The smallest absolute Gasteiger partial charge is 0.255 e. The highest BCUT2D eigenvalue weighted by molar-refractivity contribution is 6.02. The van der Waals surface area contributed by atoms with Gasteiger partial charge in [0.2, 0.25) is 5.91 Å². The molecule has 0 bridgehead atoms. The van der Waals surface area contributed by atoms with Gasteiger partial charge in [0.25, 0.3) is 5.91 Å². The Morgan fingerprint density at radius 2 is 1.77 bits per heavy atom. The third-order valence-corrected chi connectivity index (χ3v) is 4.44. The molecule has 1 spiro atoms. The van der Waals surface area contributed by atoms with Crippen LogP contribution in [0.3, 0.4) is 0 Å². The van der Waals surface area contributed by atoms with Crippen LogP contribution in [0.4, 0.5) is 5.69 Å². The topological polar surface area (TPSA) is 61.4 Å². The van der Waals surface area contributed by atoms with Crippen molar-refractivity contribution < 1.29 is 9.59 Å². The van der Waals surface area contributed by atoms with Gasteiger partial charge in [0.15, 0.2) is 0 Å². The monoisotopic (exact) mass is 301 g/mol. The lowest BCUT2D eigenvalue weighted by Gasteiger charge is -2.46. The third-order valence-electron chi connectivity index (χ3n) is 4.44. The fraction of sp³-hybridized carbons (Fsp3) is 0.529. The Morgan fingerprint density at radius 1 is 1.14 bits per heavy atom. The van der Waals surface area contributed by atoms with Crippen LogP contribution in [-0.4, -0.2) is 35.5 Å². The van der Waals surface area contributed by atoms with Gasteiger partial charge in [-0.05, 0) is 12.1 Å². The molecule has 0 aromatic heterocycles. The van der Waals surface area contributed by atoms with E-state index in [0.717, 1.165) is 18.5 Å². The van der Waals surface area contributed by atoms with Crippen LogP contribution in [0, 0.1) is 5.41 Å². The summed E-state index contributed by atoms with van der Waals surface area (Å²) in [4.78, 5) is 26.6. The molecular formula is C17H23N3O2. The maximum atomic E-state index is 12.4. The Morgan fingerprint density at radius 3 is 2.41 bits per heavy atom. The van der Waals surface area contributed by atoms with E-state index in [-0.39, 0.29) is 17.2 Å². The summed E-state index contributed by atoms with van der Waals surface area (Å²) in [5.41, 5.74) is 0.767. The molecule has 5 nitrogen and oxygen atoms in total. The summed E-state index contributed by atoms with van der Waals surface area (Å²) in [5.74, 6) is 0.134. The number of anilines is 1. The van der Waals surface area contributed by atoms with Crippen molar-refractivity contribution in [1.29, 1.82) is 0 Å². The number of carbonyl (C=O) groups excluding carboxylic acids is 2. The first-order valence-corrected chi connectivity index (χ1v) is 7.80. The van der Waals surface area contributed by atoms with Crippen LogP contribution in [0.15, 0.2) is 24.3 Å². The van der Waals surface area contributed by atoms with Crippen LogP contribution < -0.4 is 10.6 Å². The second kappa shape index (κ2) is 5.00. The average molecular weight is 301 g/mol. The quantitative estimate of drug-likeness (QED) is 0.772. The Hall–Kier alpha value is -2.04. The van der Waals surface area contributed by atoms with Crippen molar-refractivity contribution in [3.63, 3.8) is 0 Å². The predicted octanol–water partition coefficient (Wildman–Crippen LogP) is 2.21. The highest BCUT2D eigenvalue weighted by Gasteiger charge is 2.42. The molecule has 118 valence electrons. The second-order valence-corrected chi connectivity index (χ2v) is 7.25. The molecule has 1 fully saturated rings. The van der Waals surface area contributed by atoms with Crippen molar-refractivity contribution in [3.8, 4) is 0 Å². The zero-order valence-electron chi connectivity index (χ0n) is 13.4. The number of hydrogen-bond acceptors (Lipinski definition) is 3. The van der Waals surface area contributed by atoms with Crippen molar-refractivity contribution in [2.75, 3.05) is 18.4 Å². The zero-order chi connectivity index (χ0) is 16.0. The predicted molar refractivity (Wildman–Crippen MR) is 85.5 cm³/mol. The number of amides is 2. The number of nitrogens with zero attached hydrogens (tertiary/aromatic N) is 1. The highest BCUT2D eigenvalue weighted by Crippen LogP contribution is 2.32. The minimum absolute atomic E-state index is 0.0371. The number of carbonyl (C=O) groups is 2. The Labute approximate surface area is 131 Å². The van der Waals surface area contributed by atoms with Gasteiger partial charge in [-0.3, -0.25) is 9.59 Å². The summed E-state index contributed by atoms with van der Waals surface area (Å²) >= 11 is 0. The van der Waals surface area contributed by atoms with Crippen LogP contribution >= 0.6 is 0 Å². The van der Waals surface area contributed by atoms with Gasteiger partial charge in [0.1, 0.15) is 5.66 Å². The number of piperidine rings is 1. The molecule has 1 aromatic carbocycles. The standard InChI is InChI=1S/C17H23N3O2/c1-16(2,3)15(22)20-10-8-17(9-11-20)18-13-7-5-4-6-12(13)14(21)19-17/h4-7,18H,8-11H2,1-3H3,(H,19,21). The number of rotatable bonds is 0. The molecule has 2 aliphatic heterocycles. The van der Waals surface area contributed by atoms with Crippen molar-refractivity contribution >= 4 is 17.5 Å². The fourth-order valence-corrected chi connectivity index (χ4v) is 3.18. The van der Waals surface area contributed by atoms with E-state index >= 15 is 0 Å².